The van der Waals surface area contributed by atoms with Gasteiger partial charge in [-0.15, -0.1) is 11.3 Å². The quantitative estimate of drug-likeness (QED) is 0.855. The molecule has 0 fully saturated rings. The van der Waals surface area contributed by atoms with Crippen molar-refractivity contribution in [1.29, 1.82) is 0 Å². The lowest BCUT2D eigenvalue weighted by Gasteiger charge is -2.03. The number of hydrogen-bond acceptors (Lipinski definition) is 3. The molecule has 3 nitrogen and oxygen atoms in total. The molecule has 2 aromatic rings. The zero-order chi connectivity index (χ0) is 11.4. The first-order valence-corrected chi connectivity index (χ1v) is 5.74. The van der Waals surface area contributed by atoms with Crippen molar-refractivity contribution in [2.75, 3.05) is 0 Å². The molecular weight excluding hydrogens is 222 g/mol. The molecule has 0 saturated carbocycles. The summed E-state index contributed by atoms with van der Waals surface area (Å²) in [6.07, 6.45) is 0. The van der Waals surface area contributed by atoms with Crippen molar-refractivity contribution >= 4 is 17.2 Å². The third kappa shape index (κ3) is 2.41. The minimum Gasteiger partial charge on any atom is -0.506 e. The summed E-state index contributed by atoms with van der Waals surface area (Å²) in [5, 5.41) is 13.8. The SMILES string of the molecule is O=C(NCc1ccccc1)c1sccc1O. The van der Waals surface area contributed by atoms with E-state index < -0.39 is 0 Å². The molecule has 0 bridgehead atoms. The van der Waals surface area contributed by atoms with Gasteiger partial charge in [-0.05, 0) is 17.0 Å². The van der Waals surface area contributed by atoms with Gasteiger partial charge in [-0.3, -0.25) is 4.79 Å². The number of aromatic hydroxyl groups is 1. The van der Waals surface area contributed by atoms with Gasteiger partial charge in [0.1, 0.15) is 10.6 Å². The normalized spacial score (nSPS) is 10.0. The van der Waals surface area contributed by atoms with Crippen molar-refractivity contribution in [3.63, 3.8) is 0 Å². The van der Waals surface area contributed by atoms with Crippen molar-refractivity contribution in [3.05, 3.63) is 52.2 Å². The van der Waals surface area contributed by atoms with Crippen molar-refractivity contribution in [2.45, 2.75) is 6.54 Å². The van der Waals surface area contributed by atoms with Crippen LogP contribution in [0.3, 0.4) is 0 Å². The van der Waals surface area contributed by atoms with E-state index in [1.165, 1.54) is 17.4 Å². The van der Waals surface area contributed by atoms with Crippen molar-refractivity contribution in [2.24, 2.45) is 0 Å². The number of carbonyl (C=O) groups is 1. The van der Waals surface area contributed by atoms with Gasteiger partial charge in [-0.25, -0.2) is 0 Å². The number of amides is 1. The third-order valence-corrected chi connectivity index (χ3v) is 3.05. The third-order valence-electron chi connectivity index (χ3n) is 2.15. The second kappa shape index (κ2) is 4.81. The van der Waals surface area contributed by atoms with Crippen LogP contribution in [0.1, 0.15) is 15.2 Å². The molecule has 2 N–H and O–H groups in total. The Bertz CT molecular complexity index is 479. The Labute approximate surface area is 97.4 Å². The fourth-order valence-electron chi connectivity index (χ4n) is 1.33. The van der Waals surface area contributed by atoms with Gasteiger partial charge in [-0.2, -0.15) is 0 Å². The summed E-state index contributed by atoms with van der Waals surface area (Å²) < 4.78 is 0. The predicted octanol–water partition coefficient (Wildman–Crippen LogP) is 2.38. The Kier molecular flexibility index (Phi) is 3.22. The fourth-order valence-corrected chi connectivity index (χ4v) is 2.03. The predicted molar refractivity (Wildman–Crippen MR) is 63.6 cm³/mol. The lowest BCUT2D eigenvalue weighted by molar-refractivity contribution is 0.0952. The molecule has 2 rings (SSSR count). The van der Waals surface area contributed by atoms with Gasteiger partial charge in [0, 0.05) is 6.54 Å². The molecule has 4 heteroatoms. The van der Waals surface area contributed by atoms with Gasteiger partial charge in [0.15, 0.2) is 0 Å². The van der Waals surface area contributed by atoms with Crippen LogP contribution in [0.5, 0.6) is 5.75 Å². The summed E-state index contributed by atoms with van der Waals surface area (Å²) >= 11 is 1.23. The smallest absolute Gasteiger partial charge is 0.265 e. The highest BCUT2D eigenvalue weighted by Gasteiger charge is 2.11. The second-order valence-corrected chi connectivity index (χ2v) is 4.22. The Morgan fingerprint density at radius 1 is 1.25 bits per heavy atom. The number of carbonyl (C=O) groups excluding carboxylic acids is 1. The first-order chi connectivity index (χ1) is 7.77. The second-order valence-electron chi connectivity index (χ2n) is 3.30. The van der Waals surface area contributed by atoms with E-state index in [0.717, 1.165) is 5.56 Å². The number of nitrogens with one attached hydrogen (secondary N) is 1. The van der Waals surface area contributed by atoms with E-state index in [2.05, 4.69) is 5.32 Å². The van der Waals surface area contributed by atoms with Crippen molar-refractivity contribution in [1.82, 2.24) is 5.32 Å². The summed E-state index contributed by atoms with van der Waals surface area (Å²) in [4.78, 5) is 12.0. The molecule has 82 valence electrons. The van der Waals surface area contributed by atoms with Crippen molar-refractivity contribution < 1.29 is 9.90 Å². The summed E-state index contributed by atoms with van der Waals surface area (Å²) in [5.74, 6) is -0.202. The van der Waals surface area contributed by atoms with Gasteiger partial charge < -0.3 is 10.4 Å². The molecule has 0 atom stereocenters. The molecule has 0 aliphatic heterocycles. The standard InChI is InChI=1S/C12H11NO2S/c14-10-6-7-16-11(10)12(15)13-8-9-4-2-1-3-5-9/h1-7,14H,8H2,(H,13,15). The van der Waals surface area contributed by atoms with E-state index in [9.17, 15) is 9.90 Å². The van der Waals surface area contributed by atoms with E-state index in [4.69, 9.17) is 0 Å². The maximum Gasteiger partial charge on any atom is 0.265 e. The molecule has 1 aromatic heterocycles. The molecule has 0 saturated heterocycles. The summed E-state index contributed by atoms with van der Waals surface area (Å²) in [6, 6.07) is 11.2. The molecule has 1 amide bonds. The van der Waals surface area contributed by atoms with E-state index in [-0.39, 0.29) is 11.7 Å². The first kappa shape index (κ1) is 10.7. The number of rotatable bonds is 3. The number of thiophene rings is 1. The Balaban J connectivity index is 1.97. The van der Waals surface area contributed by atoms with E-state index in [1.807, 2.05) is 30.3 Å². The van der Waals surface area contributed by atoms with Crippen LogP contribution in [0, 0.1) is 0 Å². The number of hydrogen-bond donors (Lipinski definition) is 2. The lowest BCUT2D eigenvalue weighted by atomic mass is 10.2. The molecule has 16 heavy (non-hydrogen) atoms. The Morgan fingerprint density at radius 2 is 2.00 bits per heavy atom. The zero-order valence-corrected chi connectivity index (χ0v) is 9.33. The molecule has 0 spiro atoms. The van der Waals surface area contributed by atoms with Gasteiger partial charge in [0.2, 0.25) is 0 Å². The first-order valence-electron chi connectivity index (χ1n) is 4.86. The van der Waals surface area contributed by atoms with E-state index in [1.54, 1.807) is 5.38 Å². The van der Waals surface area contributed by atoms with Crippen LogP contribution in [0.15, 0.2) is 41.8 Å². The van der Waals surface area contributed by atoms with Gasteiger partial charge in [-0.1, -0.05) is 30.3 Å². The van der Waals surface area contributed by atoms with Crippen LogP contribution in [-0.4, -0.2) is 11.0 Å². The molecule has 0 unspecified atom stereocenters. The van der Waals surface area contributed by atoms with Crippen LogP contribution in [0.25, 0.3) is 0 Å². The lowest BCUT2D eigenvalue weighted by Crippen LogP contribution is -2.21. The largest absolute Gasteiger partial charge is 0.506 e. The van der Waals surface area contributed by atoms with E-state index >= 15 is 0 Å². The van der Waals surface area contributed by atoms with Crippen LogP contribution in [0.2, 0.25) is 0 Å². The van der Waals surface area contributed by atoms with Crippen LogP contribution < -0.4 is 5.32 Å². The highest BCUT2D eigenvalue weighted by atomic mass is 32.1. The van der Waals surface area contributed by atoms with Gasteiger partial charge in [0.05, 0.1) is 0 Å². The molecule has 1 heterocycles. The summed E-state index contributed by atoms with van der Waals surface area (Å²) in [5.41, 5.74) is 1.03. The zero-order valence-electron chi connectivity index (χ0n) is 8.51. The highest BCUT2D eigenvalue weighted by Crippen LogP contribution is 2.22. The molecule has 0 aliphatic rings. The number of benzene rings is 1. The Morgan fingerprint density at radius 3 is 2.62 bits per heavy atom. The average Bonchev–Trinajstić information content (AvgIpc) is 2.74. The molecular formula is C12H11NO2S. The highest BCUT2D eigenvalue weighted by molar-refractivity contribution is 7.12. The van der Waals surface area contributed by atoms with Crippen LogP contribution in [0.4, 0.5) is 0 Å². The topological polar surface area (TPSA) is 49.3 Å². The molecule has 1 aromatic carbocycles. The van der Waals surface area contributed by atoms with Gasteiger partial charge in [0.25, 0.3) is 5.91 Å². The van der Waals surface area contributed by atoms with Gasteiger partial charge >= 0.3 is 0 Å². The van der Waals surface area contributed by atoms with Crippen LogP contribution in [-0.2, 0) is 6.54 Å². The van der Waals surface area contributed by atoms with E-state index in [0.29, 0.717) is 11.4 Å². The molecule has 0 aliphatic carbocycles. The minimum absolute atomic E-state index is 0.0376. The Hall–Kier alpha value is -1.81. The average molecular weight is 233 g/mol. The summed E-state index contributed by atoms with van der Waals surface area (Å²) in [6.45, 7) is 0.469. The summed E-state index contributed by atoms with van der Waals surface area (Å²) in [7, 11) is 0. The fraction of sp³-hybridized carbons (Fsp3) is 0.0833. The minimum atomic E-state index is -0.239. The van der Waals surface area contributed by atoms with Crippen molar-refractivity contribution in [3.8, 4) is 5.75 Å². The maximum absolute atomic E-state index is 11.6. The monoisotopic (exact) mass is 233 g/mol. The molecule has 0 radical (unpaired) electrons. The van der Waals surface area contributed by atoms with Crippen LogP contribution >= 0.6 is 11.3 Å². The maximum atomic E-state index is 11.6.